The predicted molar refractivity (Wildman–Crippen MR) is 90.2 cm³/mol. The maximum atomic E-state index is 11.7. The van der Waals surface area contributed by atoms with Gasteiger partial charge in [0, 0.05) is 12.6 Å². The van der Waals surface area contributed by atoms with Crippen LogP contribution in [0.25, 0.3) is 0 Å². The molecule has 0 atom stereocenters. The lowest BCUT2D eigenvalue weighted by Gasteiger charge is -2.06. The fraction of sp³-hybridized carbons (Fsp3) is 0.312. The molecule has 0 fully saturated rings. The van der Waals surface area contributed by atoms with E-state index in [1.165, 1.54) is 17.3 Å². The van der Waals surface area contributed by atoms with Crippen LogP contribution in [0.3, 0.4) is 0 Å². The van der Waals surface area contributed by atoms with E-state index in [-0.39, 0.29) is 23.3 Å². The highest BCUT2D eigenvalue weighted by Crippen LogP contribution is 2.08. The Labute approximate surface area is 139 Å². The van der Waals surface area contributed by atoms with Crippen molar-refractivity contribution in [2.75, 3.05) is 16.8 Å². The van der Waals surface area contributed by atoms with E-state index in [9.17, 15) is 9.59 Å². The summed E-state index contributed by atoms with van der Waals surface area (Å²) in [4.78, 5) is 23.4. The van der Waals surface area contributed by atoms with Gasteiger partial charge >= 0.3 is 0 Å². The second-order valence-electron chi connectivity index (χ2n) is 5.13. The number of aryl methyl sites for hydroxylation is 2. The number of thioether (sulfide) groups is 1. The molecule has 2 N–H and O–H groups in total. The molecule has 2 amide bonds. The molecule has 0 saturated carbocycles. The maximum Gasteiger partial charge on any atom is 0.235 e. The van der Waals surface area contributed by atoms with Gasteiger partial charge in [0.2, 0.25) is 11.8 Å². The summed E-state index contributed by atoms with van der Waals surface area (Å²) in [5.74, 6) is 1.12. The summed E-state index contributed by atoms with van der Waals surface area (Å²) in [6, 6.07) is 9.61. The molecule has 0 aliphatic heterocycles. The number of anilines is 1. The molecule has 122 valence electrons. The van der Waals surface area contributed by atoms with Crippen LogP contribution in [0.4, 0.5) is 5.82 Å². The molecule has 2 aromatic rings. The first kappa shape index (κ1) is 17.1. The smallest absolute Gasteiger partial charge is 0.235 e. The highest BCUT2D eigenvalue weighted by atomic mass is 32.2. The van der Waals surface area contributed by atoms with Crippen LogP contribution in [0.5, 0.6) is 0 Å². The minimum Gasteiger partial charge on any atom is -0.360 e. The van der Waals surface area contributed by atoms with Crippen molar-refractivity contribution < 1.29 is 14.1 Å². The maximum absolute atomic E-state index is 11.7. The Morgan fingerprint density at radius 3 is 2.48 bits per heavy atom. The van der Waals surface area contributed by atoms with Crippen molar-refractivity contribution in [1.29, 1.82) is 0 Å². The molecule has 1 heterocycles. The van der Waals surface area contributed by atoms with Gasteiger partial charge in [0.05, 0.1) is 11.5 Å². The second kappa shape index (κ2) is 8.38. The number of carbonyl (C=O) groups excluding carboxylic acids is 2. The van der Waals surface area contributed by atoms with Gasteiger partial charge in [-0.05, 0) is 19.4 Å². The molecule has 1 aromatic carbocycles. The van der Waals surface area contributed by atoms with Gasteiger partial charge in [-0.15, -0.1) is 11.8 Å². The summed E-state index contributed by atoms with van der Waals surface area (Å²) in [6.07, 6.45) is 0. The Bertz CT molecular complexity index is 667. The fourth-order valence-electron chi connectivity index (χ4n) is 1.80. The summed E-state index contributed by atoms with van der Waals surface area (Å²) in [5, 5.41) is 9.10. The van der Waals surface area contributed by atoms with E-state index in [0.29, 0.717) is 18.1 Å². The monoisotopic (exact) mass is 333 g/mol. The van der Waals surface area contributed by atoms with Crippen molar-refractivity contribution in [3.8, 4) is 0 Å². The summed E-state index contributed by atoms with van der Waals surface area (Å²) in [6.45, 7) is 4.25. The van der Waals surface area contributed by atoms with Crippen molar-refractivity contribution in [3.05, 3.63) is 47.2 Å². The Morgan fingerprint density at radius 1 is 1.13 bits per heavy atom. The van der Waals surface area contributed by atoms with Crippen molar-refractivity contribution >= 4 is 29.4 Å². The van der Waals surface area contributed by atoms with Crippen molar-refractivity contribution in [2.24, 2.45) is 0 Å². The van der Waals surface area contributed by atoms with Gasteiger partial charge in [-0.1, -0.05) is 35.0 Å². The van der Waals surface area contributed by atoms with Crippen LogP contribution in [0.2, 0.25) is 0 Å². The van der Waals surface area contributed by atoms with Crippen LogP contribution in [-0.2, 0) is 16.1 Å². The molecule has 7 heteroatoms. The largest absolute Gasteiger partial charge is 0.360 e. The number of aromatic nitrogens is 1. The fourth-order valence-corrected chi connectivity index (χ4v) is 2.45. The third kappa shape index (κ3) is 6.15. The van der Waals surface area contributed by atoms with Crippen LogP contribution in [0.15, 0.2) is 34.9 Å². The Hall–Kier alpha value is -2.28. The van der Waals surface area contributed by atoms with E-state index in [1.807, 2.05) is 31.2 Å². The normalized spacial score (nSPS) is 10.3. The van der Waals surface area contributed by atoms with Gasteiger partial charge in [0.25, 0.3) is 0 Å². The van der Waals surface area contributed by atoms with Gasteiger partial charge in [-0.2, -0.15) is 0 Å². The number of carbonyl (C=O) groups is 2. The van der Waals surface area contributed by atoms with E-state index in [4.69, 9.17) is 4.52 Å². The predicted octanol–water partition coefficient (Wildman–Crippen LogP) is 2.28. The average Bonchev–Trinajstić information content (AvgIpc) is 2.91. The number of amides is 2. The van der Waals surface area contributed by atoms with Crippen LogP contribution < -0.4 is 10.6 Å². The number of benzene rings is 1. The van der Waals surface area contributed by atoms with E-state index < -0.39 is 0 Å². The summed E-state index contributed by atoms with van der Waals surface area (Å²) < 4.78 is 4.85. The van der Waals surface area contributed by atoms with Crippen molar-refractivity contribution in [1.82, 2.24) is 10.5 Å². The molecule has 6 nitrogen and oxygen atoms in total. The number of nitrogens with zero attached hydrogens (tertiary/aromatic N) is 1. The number of nitrogens with one attached hydrogen (secondary N) is 2. The Kier molecular flexibility index (Phi) is 6.22. The van der Waals surface area contributed by atoms with E-state index in [1.54, 1.807) is 13.0 Å². The molecular weight excluding hydrogens is 314 g/mol. The number of hydrogen-bond donors (Lipinski definition) is 2. The van der Waals surface area contributed by atoms with Crippen LogP contribution in [0, 0.1) is 13.8 Å². The van der Waals surface area contributed by atoms with Gasteiger partial charge in [0.1, 0.15) is 5.76 Å². The molecule has 2 rings (SSSR count). The minimum atomic E-state index is -0.213. The number of hydrogen-bond acceptors (Lipinski definition) is 5. The van der Waals surface area contributed by atoms with Crippen LogP contribution in [-0.4, -0.2) is 28.5 Å². The molecule has 0 spiro atoms. The molecule has 23 heavy (non-hydrogen) atoms. The third-order valence-corrected chi connectivity index (χ3v) is 3.90. The lowest BCUT2D eigenvalue weighted by atomic mass is 10.1. The molecular formula is C16H19N3O3S. The summed E-state index contributed by atoms with van der Waals surface area (Å²) in [5.41, 5.74) is 2.23. The lowest BCUT2D eigenvalue weighted by Crippen LogP contribution is -2.25. The zero-order valence-corrected chi connectivity index (χ0v) is 13.9. The van der Waals surface area contributed by atoms with Gasteiger partial charge in [-0.25, -0.2) is 0 Å². The van der Waals surface area contributed by atoms with Gasteiger partial charge < -0.3 is 15.2 Å². The minimum absolute atomic E-state index is 0.0966. The molecule has 0 bridgehead atoms. The average molecular weight is 333 g/mol. The molecule has 0 aliphatic carbocycles. The first-order chi connectivity index (χ1) is 11.0. The van der Waals surface area contributed by atoms with E-state index >= 15 is 0 Å². The second-order valence-corrected chi connectivity index (χ2v) is 6.11. The third-order valence-electron chi connectivity index (χ3n) is 2.97. The number of rotatable bonds is 7. The first-order valence-corrected chi connectivity index (χ1v) is 8.31. The highest BCUT2D eigenvalue weighted by molar-refractivity contribution is 8.00. The van der Waals surface area contributed by atoms with Gasteiger partial charge in [-0.3, -0.25) is 9.59 Å². The first-order valence-electron chi connectivity index (χ1n) is 7.16. The zero-order valence-electron chi connectivity index (χ0n) is 13.1. The Morgan fingerprint density at radius 2 is 1.83 bits per heavy atom. The Balaban J connectivity index is 1.62. The van der Waals surface area contributed by atoms with Crippen LogP contribution in [0.1, 0.15) is 16.9 Å². The SMILES string of the molecule is Cc1ccc(CNC(=O)CSCC(=O)Nc2cc(C)on2)cc1. The highest BCUT2D eigenvalue weighted by Gasteiger charge is 2.08. The van der Waals surface area contributed by atoms with Crippen molar-refractivity contribution in [3.63, 3.8) is 0 Å². The summed E-state index contributed by atoms with van der Waals surface area (Å²) >= 11 is 1.25. The molecule has 0 unspecified atom stereocenters. The zero-order chi connectivity index (χ0) is 16.7. The van der Waals surface area contributed by atoms with Crippen molar-refractivity contribution in [2.45, 2.75) is 20.4 Å². The molecule has 0 saturated heterocycles. The quantitative estimate of drug-likeness (QED) is 0.812. The molecule has 0 aliphatic rings. The molecule has 0 radical (unpaired) electrons. The van der Waals surface area contributed by atoms with Gasteiger partial charge in [0.15, 0.2) is 5.82 Å². The van der Waals surface area contributed by atoms with Crippen LogP contribution >= 0.6 is 11.8 Å². The molecule has 1 aromatic heterocycles. The van der Waals surface area contributed by atoms with E-state index in [2.05, 4.69) is 15.8 Å². The van der Waals surface area contributed by atoms with E-state index in [0.717, 1.165) is 5.56 Å². The standard InChI is InChI=1S/C16H19N3O3S/c1-11-3-5-13(6-4-11)8-17-15(20)9-23-10-16(21)18-14-7-12(2)22-19-14/h3-7H,8-10H2,1-2H3,(H,17,20)(H,18,19,21). The lowest BCUT2D eigenvalue weighted by molar-refractivity contribution is -0.118. The topological polar surface area (TPSA) is 84.2 Å². The summed E-state index contributed by atoms with van der Waals surface area (Å²) in [7, 11) is 0.